The van der Waals surface area contributed by atoms with Crippen LogP contribution < -0.4 is 4.74 Å². The molecule has 0 atom stereocenters. The minimum atomic E-state index is -0.204. The molecule has 0 fully saturated rings. The summed E-state index contributed by atoms with van der Waals surface area (Å²) in [7, 11) is 0. The maximum absolute atomic E-state index is 5.63. The van der Waals surface area contributed by atoms with Gasteiger partial charge in [0, 0.05) is 6.20 Å². The Bertz CT molecular complexity index is 304. The summed E-state index contributed by atoms with van der Waals surface area (Å²) in [5.74, 6) is 0.651. The van der Waals surface area contributed by atoms with Crippen molar-refractivity contribution in [2.24, 2.45) is 0 Å². The zero-order valence-corrected chi connectivity index (χ0v) is 9.97. The molecule has 1 aromatic rings. The maximum Gasteiger partial charge on any atom is 0.228 e. The van der Waals surface area contributed by atoms with Gasteiger partial charge in [0.15, 0.2) is 0 Å². The van der Waals surface area contributed by atoms with E-state index in [-0.39, 0.29) is 5.60 Å². The molecule has 0 unspecified atom stereocenters. The summed E-state index contributed by atoms with van der Waals surface area (Å²) < 4.78 is 6.53. The molecule has 0 saturated carbocycles. The van der Waals surface area contributed by atoms with Crippen molar-refractivity contribution >= 4 is 15.9 Å². The Kier molecular flexibility index (Phi) is 2.96. The zero-order chi connectivity index (χ0) is 10.1. The van der Waals surface area contributed by atoms with Gasteiger partial charge in [-0.15, -0.1) is 0 Å². The van der Waals surface area contributed by atoms with Crippen molar-refractivity contribution in [2.75, 3.05) is 0 Å². The third-order valence-corrected chi connectivity index (χ3v) is 1.92. The molecule has 0 saturated heterocycles. The Hall–Kier alpha value is -0.570. The van der Waals surface area contributed by atoms with Crippen LogP contribution in [0.15, 0.2) is 16.7 Å². The smallest absolute Gasteiger partial charge is 0.228 e. The maximum atomic E-state index is 5.63. The van der Waals surface area contributed by atoms with Gasteiger partial charge < -0.3 is 4.74 Å². The molecule has 2 nitrogen and oxygen atoms in total. The van der Waals surface area contributed by atoms with Gasteiger partial charge in [0.25, 0.3) is 0 Å². The minimum absolute atomic E-state index is 0.204. The van der Waals surface area contributed by atoms with Crippen molar-refractivity contribution in [1.29, 1.82) is 0 Å². The third-order valence-electron chi connectivity index (χ3n) is 1.35. The largest absolute Gasteiger partial charge is 0.471 e. The first kappa shape index (κ1) is 10.5. The van der Waals surface area contributed by atoms with E-state index >= 15 is 0 Å². The number of ether oxygens (including phenoxy) is 1. The topological polar surface area (TPSA) is 22.1 Å². The fraction of sp³-hybridized carbons (Fsp3) is 0.500. The lowest BCUT2D eigenvalue weighted by molar-refractivity contribution is 0.123. The zero-order valence-electron chi connectivity index (χ0n) is 8.39. The summed E-state index contributed by atoms with van der Waals surface area (Å²) in [4.78, 5) is 4.19. The molecule has 0 aliphatic carbocycles. The summed E-state index contributed by atoms with van der Waals surface area (Å²) in [6.07, 6.45) is 1.80. The molecule has 0 N–H and O–H groups in total. The SMILES string of the molecule is Cc1cnc(OC(C)(C)C)c(Br)c1. The van der Waals surface area contributed by atoms with Crippen LogP contribution >= 0.6 is 15.9 Å². The van der Waals surface area contributed by atoms with Gasteiger partial charge in [-0.3, -0.25) is 0 Å². The molecule has 0 aliphatic heterocycles. The standard InChI is InChI=1S/C10H14BrNO/c1-7-5-8(11)9(12-6-7)13-10(2,3)4/h5-6H,1-4H3. The fourth-order valence-electron chi connectivity index (χ4n) is 0.886. The van der Waals surface area contributed by atoms with Crippen LogP contribution in [0.3, 0.4) is 0 Å². The molecule has 0 radical (unpaired) electrons. The molecule has 0 aromatic carbocycles. The summed E-state index contributed by atoms with van der Waals surface area (Å²) in [6.45, 7) is 8.00. The van der Waals surface area contributed by atoms with Gasteiger partial charge in [0.05, 0.1) is 4.47 Å². The van der Waals surface area contributed by atoms with Crippen molar-refractivity contribution in [1.82, 2.24) is 4.98 Å². The van der Waals surface area contributed by atoms with Gasteiger partial charge in [-0.1, -0.05) is 0 Å². The van der Waals surface area contributed by atoms with E-state index in [0.717, 1.165) is 10.0 Å². The first-order chi connectivity index (χ1) is 5.88. The van der Waals surface area contributed by atoms with Crippen LogP contribution in [0.25, 0.3) is 0 Å². The van der Waals surface area contributed by atoms with Crippen LogP contribution in [0.1, 0.15) is 26.3 Å². The summed E-state index contributed by atoms with van der Waals surface area (Å²) >= 11 is 3.41. The number of rotatable bonds is 1. The second-order valence-corrected chi connectivity index (χ2v) is 4.87. The lowest BCUT2D eigenvalue weighted by Gasteiger charge is -2.21. The quantitative estimate of drug-likeness (QED) is 0.755. The van der Waals surface area contributed by atoms with Gasteiger partial charge in [0.2, 0.25) is 5.88 Å². The van der Waals surface area contributed by atoms with E-state index in [0.29, 0.717) is 5.88 Å². The normalized spacial score (nSPS) is 11.5. The number of hydrogen-bond donors (Lipinski definition) is 0. The second kappa shape index (κ2) is 3.66. The van der Waals surface area contributed by atoms with Crippen molar-refractivity contribution < 1.29 is 4.74 Å². The highest BCUT2D eigenvalue weighted by Gasteiger charge is 2.14. The number of halogens is 1. The molecule has 3 heteroatoms. The monoisotopic (exact) mass is 243 g/mol. The van der Waals surface area contributed by atoms with Gasteiger partial charge in [-0.25, -0.2) is 4.98 Å². The first-order valence-corrected chi connectivity index (χ1v) is 4.99. The fourth-order valence-corrected chi connectivity index (χ4v) is 1.43. The molecule has 72 valence electrons. The average Bonchev–Trinajstić information content (AvgIpc) is 1.93. The minimum Gasteiger partial charge on any atom is -0.471 e. The van der Waals surface area contributed by atoms with Gasteiger partial charge in [0.1, 0.15) is 5.60 Å². The molecule has 1 heterocycles. The summed E-state index contributed by atoms with van der Waals surface area (Å²) in [5.41, 5.74) is 0.915. The lowest BCUT2D eigenvalue weighted by Crippen LogP contribution is -2.23. The van der Waals surface area contributed by atoms with Gasteiger partial charge >= 0.3 is 0 Å². The van der Waals surface area contributed by atoms with E-state index in [1.807, 2.05) is 33.8 Å². The first-order valence-electron chi connectivity index (χ1n) is 4.20. The number of aromatic nitrogens is 1. The predicted molar refractivity (Wildman–Crippen MR) is 57.1 cm³/mol. The summed E-state index contributed by atoms with van der Waals surface area (Å²) in [6, 6.07) is 1.99. The molecule has 0 amide bonds. The van der Waals surface area contributed by atoms with E-state index in [2.05, 4.69) is 20.9 Å². The van der Waals surface area contributed by atoms with E-state index in [4.69, 9.17) is 4.74 Å². The Labute approximate surface area is 87.5 Å². The van der Waals surface area contributed by atoms with Gasteiger partial charge in [-0.05, 0) is 55.3 Å². The highest BCUT2D eigenvalue weighted by molar-refractivity contribution is 9.10. The van der Waals surface area contributed by atoms with Crippen LogP contribution in [-0.2, 0) is 0 Å². The predicted octanol–water partition coefficient (Wildman–Crippen LogP) is 3.33. The van der Waals surface area contributed by atoms with Crippen molar-refractivity contribution in [3.63, 3.8) is 0 Å². The van der Waals surface area contributed by atoms with Crippen LogP contribution in [-0.4, -0.2) is 10.6 Å². The van der Waals surface area contributed by atoms with E-state index in [1.54, 1.807) is 6.20 Å². The average molecular weight is 244 g/mol. The van der Waals surface area contributed by atoms with Crippen LogP contribution in [0.2, 0.25) is 0 Å². The molecule has 0 bridgehead atoms. The Morgan fingerprint density at radius 3 is 2.46 bits per heavy atom. The lowest BCUT2D eigenvalue weighted by atomic mass is 10.2. The molecular weight excluding hydrogens is 230 g/mol. The molecule has 0 spiro atoms. The Morgan fingerprint density at radius 1 is 1.38 bits per heavy atom. The Morgan fingerprint density at radius 2 is 2.00 bits per heavy atom. The molecule has 1 rings (SSSR count). The number of pyridine rings is 1. The van der Waals surface area contributed by atoms with Crippen LogP contribution in [0.4, 0.5) is 0 Å². The number of hydrogen-bond acceptors (Lipinski definition) is 2. The third kappa shape index (κ3) is 3.35. The van der Waals surface area contributed by atoms with E-state index in [1.165, 1.54) is 0 Å². The molecular formula is C10H14BrNO. The summed E-state index contributed by atoms with van der Waals surface area (Å²) in [5, 5.41) is 0. The van der Waals surface area contributed by atoms with E-state index < -0.39 is 0 Å². The highest BCUT2D eigenvalue weighted by atomic mass is 79.9. The van der Waals surface area contributed by atoms with Gasteiger partial charge in [-0.2, -0.15) is 0 Å². The van der Waals surface area contributed by atoms with E-state index in [9.17, 15) is 0 Å². The highest BCUT2D eigenvalue weighted by Crippen LogP contribution is 2.25. The molecule has 13 heavy (non-hydrogen) atoms. The van der Waals surface area contributed by atoms with Crippen LogP contribution in [0, 0.1) is 6.92 Å². The number of nitrogens with zero attached hydrogens (tertiary/aromatic N) is 1. The number of aryl methyl sites for hydroxylation is 1. The second-order valence-electron chi connectivity index (χ2n) is 4.01. The Balaban J connectivity index is 2.90. The van der Waals surface area contributed by atoms with Crippen molar-refractivity contribution in [3.8, 4) is 5.88 Å². The van der Waals surface area contributed by atoms with Crippen molar-refractivity contribution in [3.05, 3.63) is 22.3 Å². The van der Waals surface area contributed by atoms with Crippen molar-refractivity contribution in [2.45, 2.75) is 33.3 Å². The molecule has 0 aliphatic rings. The molecule has 1 aromatic heterocycles. The van der Waals surface area contributed by atoms with Crippen LogP contribution in [0.5, 0.6) is 5.88 Å².